The molecule has 1 fully saturated rings. The van der Waals surface area contributed by atoms with Crippen molar-refractivity contribution in [2.24, 2.45) is 0 Å². The van der Waals surface area contributed by atoms with Gasteiger partial charge in [0.1, 0.15) is 0 Å². The first kappa shape index (κ1) is 13.3. The van der Waals surface area contributed by atoms with E-state index in [0.717, 1.165) is 32.6 Å². The summed E-state index contributed by atoms with van der Waals surface area (Å²) < 4.78 is 1.26. The molecule has 2 heterocycles. The Hall–Kier alpha value is -0.160. The average Bonchev–Trinajstić information content (AvgIpc) is 2.67. The molecule has 94 valence electrons. The van der Waals surface area contributed by atoms with Crippen LogP contribution < -0.4 is 5.32 Å². The summed E-state index contributed by atoms with van der Waals surface area (Å²) in [4.78, 5) is 4.02. The summed E-state index contributed by atoms with van der Waals surface area (Å²) in [6.07, 6.45) is 3.07. The Morgan fingerprint density at radius 3 is 2.82 bits per heavy atom. The number of nitrogens with one attached hydrogen (secondary N) is 1. The maximum atomic E-state index is 3.90. The third-order valence-corrected chi connectivity index (χ3v) is 5.42. The zero-order chi connectivity index (χ0) is 12.3. The molecule has 0 saturated carbocycles. The Morgan fingerprint density at radius 1 is 1.59 bits per heavy atom. The second-order valence-corrected chi connectivity index (χ2v) is 6.83. The van der Waals surface area contributed by atoms with Crippen molar-refractivity contribution in [1.82, 2.24) is 10.2 Å². The molecule has 1 aromatic heterocycles. The molecule has 0 bridgehead atoms. The molecule has 0 radical (unpaired) electrons. The van der Waals surface area contributed by atoms with Gasteiger partial charge in [-0.25, -0.2) is 0 Å². The molecule has 1 aromatic rings. The lowest BCUT2D eigenvalue weighted by Crippen LogP contribution is -2.44. The summed E-state index contributed by atoms with van der Waals surface area (Å²) in [6, 6.07) is 2.81. The van der Waals surface area contributed by atoms with Crippen LogP contribution in [0.15, 0.2) is 22.5 Å². The zero-order valence-electron chi connectivity index (χ0n) is 10.2. The highest BCUT2D eigenvalue weighted by Gasteiger charge is 2.22. The monoisotopic (exact) mass is 314 g/mol. The van der Waals surface area contributed by atoms with E-state index in [1.807, 2.05) is 17.4 Å². The van der Waals surface area contributed by atoms with Crippen molar-refractivity contribution in [3.63, 3.8) is 0 Å². The standard InChI is InChI=1S/C13H19BrN2S/c1-3-4-11(16-7-5-15-6-8-16)12-9-10(2)13(14)17-12/h3,9,11,15H,1,4-8H2,2H3/t11-/m0/s1. The summed E-state index contributed by atoms with van der Waals surface area (Å²) >= 11 is 5.48. The summed E-state index contributed by atoms with van der Waals surface area (Å²) in [5, 5.41) is 3.41. The molecule has 17 heavy (non-hydrogen) atoms. The van der Waals surface area contributed by atoms with Crippen LogP contribution in [0, 0.1) is 6.92 Å². The van der Waals surface area contributed by atoms with Gasteiger partial charge in [0.25, 0.3) is 0 Å². The molecule has 1 aliphatic heterocycles. The minimum atomic E-state index is 0.504. The Morgan fingerprint density at radius 2 is 2.29 bits per heavy atom. The van der Waals surface area contributed by atoms with Crippen LogP contribution in [0.3, 0.4) is 0 Å². The molecule has 0 aromatic carbocycles. The first-order valence-electron chi connectivity index (χ1n) is 6.04. The van der Waals surface area contributed by atoms with Gasteiger partial charge in [0, 0.05) is 37.1 Å². The SMILES string of the molecule is C=CC[C@@H](c1cc(C)c(Br)s1)N1CCNCC1. The van der Waals surface area contributed by atoms with Crippen LogP contribution in [0.4, 0.5) is 0 Å². The molecule has 1 saturated heterocycles. The van der Waals surface area contributed by atoms with Crippen molar-refractivity contribution in [2.75, 3.05) is 26.2 Å². The second-order valence-electron chi connectivity index (χ2n) is 4.43. The van der Waals surface area contributed by atoms with Crippen molar-refractivity contribution in [3.8, 4) is 0 Å². The Balaban J connectivity index is 2.17. The van der Waals surface area contributed by atoms with E-state index < -0.39 is 0 Å². The third-order valence-electron chi connectivity index (χ3n) is 3.19. The van der Waals surface area contributed by atoms with Crippen LogP contribution in [-0.4, -0.2) is 31.1 Å². The van der Waals surface area contributed by atoms with Gasteiger partial charge in [-0.1, -0.05) is 6.08 Å². The van der Waals surface area contributed by atoms with Crippen LogP contribution in [0.25, 0.3) is 0 Å². The van der Waals surface area contributed by atoms with E-state index in [1.165, 1.54) is 14.2 Å². The predicted molar refractivity (Wildman–Crippen MR) is 78.8 cm³/mol. The maximum Gasteiger partial charge on any atom is 0.0731 e. The van der Waals surface area contributed by atoms with Crippen LogP contribution in [0.5, 0.6) is 0 Å². The zero-order valence-corrected chi connectivity index (χ0v) is 12.6. The highest BCUT2D eigenvalue weighted by molar-refractivity contribution is 9.11. The normalized spacial score (nSPS) is 19.2. The van der Waals surface area contributed by atoms with Crippen LogP contribution in [0.2, 0.25) is 0 Å². The lowest BCUT2D eigenvalue weighted by atomic mass is 10.1. The lowest BCUT2D eigenvalue weighted by molar-refractivity contribution is 0.177. The largest absolute Gasteiger partial charge is 0.314 e. The lowest BCUT2D eigenvalue weighted by Gasteiger charge is -2.34. The smallest absolute Gasteiger partial charge is 0.0731 e. The van der Waals surface area contributed by atoms with Gasteiger partial charge in [-0.3, -0.25) is 4.90 Å². The first-order valence-corrected chi connectivity index (χ1v) is 7.65. The van der Waals surface area contributed by atoms with E-state index in [9.17, 15) is 0 Å². The molecule has 2 nitrogen and oxygen atoms in total. The Bertz CT molecular complexity index is 363. The van der Waals surface area contributed by atoms with Gasteiger partial charge in [-0.05, 0) is 40.9 Å². The molecule has 0 spiro atoms. The minimum Gasteiger partial charge on any atom is -0.314 e. The summed E-state index contributed by atoms with van der Waals surface area (Å²) in [5.74, 6) is 0. The fraction of sp³-hybridized carbons (Fsp3) is 0.538. The number of hydrogen-bond acceptors (Lipinski definition) is 3. The van der Waals surface area contributed by atoms with Gasteiger partial charge < -0.3 is 5.32 Å². The molecular formula is C13H19BrN2S. The fourth-order valence-corrected chi connectivity index (χ4v) is 3.96. The van der Waals surface area contributed by atoms with Crippen LogP contribution >= 0.6 is 27.3 Å². The number of rotatable bonds is 4. The molecule has 4 heteroatoms. The van der Waals surface area contributed by atoms with E-state index >= 15 is 0 Å². The Kier molecular flexibility index (Phi) is 4.79. The van der Waals surface area contributed by atoms with Gasteiger partial charge >= 0.3 is 0 Å². The average molecular weight is 315 g/mol. The molecular weight excluding hydrogens is 296 g/mol. The van der Waals surface area contributed by atoms with Crippen molar-refractivity contribution < 1.29 is 0 Å². The highest BCUT2D eigenvalue weighted by Crippen LogP contribution is 2.35. The minimum absolute atomic E-state index is 0.504. The predicted octanol–water partition coefficient (Wildman–Crippen LogP) is 3.34. The van der Waals surface area contributed by atoms with Crippen molar-refractivity contribution in [2.45, 2.75) is 19.4 Å². The number of piperazine rings is 1. The molecule has 2 rings (SSSR count). The number of nitrogens with zero attached hydrogens (tertiary/aromatic N) is 1. The van der Waals surface area contributed by atoms with Gasteiger partial charge in [0.15, 0.2) is 0 Å². The number of hydrogen-bond donors (Lipinski definition) is 1. The van der Waals surface area contributed by atoms with E-state index in [0.29, 0.717) is 6.04 Å². The first-order chi connectivity index (χ1) is 8.22. The van der Waals surface area contributed by atoms with Gasteiger partial charge in [0.2, 0.25) is 0 Å². The topological polar surface area (TPSA) is 15.3 Å². The number of aryl methyl sites for hydroxylation is 1. The van der Waals surface area contributed by atoms with Crippen molar-refractivity contribution in [1.29, 1.82) is 0 Å². The highest BCUT2D eigenvalue weighted by atomic mass is 79.9. The summed E-state index contributed by atoms with van der Waals surface area (Å²) in [7, 11) is 0. The third kappa shape index (κ3) is 3.19. The van der Waals surface area contributed by atoms with E-state index in [1.54, 1.807) is 0 Å². The van der Waals surface area contributed by atoms with Gasteiger partial charge in [0.05, 0.1) is 3.79 Å². The molecule has 1 N–H and O–H groups in total. The Labute approximate surface area is 116 Å². The number of thiophene rings is 1. The van der Waals surface area contributed by atoms with Crippen LogP contribution in [-0.2, 0) is 0 Å². The quantitative estimate of drug-likeness (QED) is 0.857. The van der Waals surface area contributed by atoms with Crippen LogP contribution in [0.1, 0.15) is 22.9 Å². The molecule has 1 aliphatic rings. The van der Waals surface area contributed by atoms with E-state index in [4.69, 9.17) is 0 Å². The van der Waals surface area contributed by atoms with Gasteiger partial charge in [-0.15, -0.1) is 17.9 Å². The molecule has 0 aliphatic carbocycles. The van der Waals surface area contributed by atoms with E-state index in [-0.39, 0.29) is 0 Å². The second kappa shape index (κ2) is 6.14. The summed E-state index contributed by atoms with van der Waals surface area (Å²) in [5.41, 5.74) is 1.34. The molecule has 0 unspecified atom stereocenters. The van der Waals surface area contributed by atoms with Crippen molar-refractivity contribution in [3.05, 3.63) is 32.9 Å². The molecule has 1 atom stereocenters. The molecule has 0 amide bonds. The number of halogens is 1. The summed E-state index contributed by atoms with van der Waals surface area (Å²) in [6.45, 7) is 10.5. The maximum absolute atomic E-state index is 3.90. The fourth-order valence-electron chi connectivity index (χ4n) is 2.24. The van der Waals surface area contributed by atoms with Gasteiger partial charge in [-0.2, -0.15) is 0 Å². The van der Waals surface area contributed by atoms with E-state index in [2.05, 4.69) is 45.7 Å². The van der Waals surface area contributed by atoms with Crippen molar-refractivity contribution >= 4 is 27.3 Å².